The SMILES string of the molecule is CCn1c(C)c(-c2cc(C(=O)O)ccc2Cl)c(=O)c(C(=O)OC(C)(C)C)c1-c1ccc(Cl)c(Cl)c1. The van der Waals surface area contributed by atoms with E-state index in [1.165, 1.54) is 18.2 Å². The zero-order chi connectivity index (χ0) is 26.2. The van der Waals surface area contributed by atoms with E-state index in [4.69, 9.17) is 39.5 Å². The van der Waals surface area contributed by atoms with Gasteiger partial charge in [0.1, 0.15) is 11.2 Å². The Bertz CT molecular complexity index is 1400. The van der Waals surface area contributed by atoms with E-state index in [0.717, 1.165) is 0 Å². The Kier molecular flexibility index (Phi) is 7.70. The van der Waals surface area contributed by atoms with Gasteiger partial charge in [0.2, 0.25) is 5.43 Å². The number of carbonyl (C=O) groups is 2. The van der Waals surface area contributed by atoms with Crippen molar-refractivity contribution >= 4 is 46.7 Å². The molecule has 0 atom stereocenters. The minimum Gasteiger partial charge on any atom is -0.478 e. The highest BCUT2D eigenvalue weighted by atomic mass is 35.5. The van der Waals surface area contributed by atoms with Crippen LogP contribution in [-0.2, 0) is 11.3 Å². The lowest BCUT2D eigenvalue weighted by Gasteiger charge is -2.25. The number of nitrogens with zero attached hydrogens (tertiary/aromatic N) is 1. The lowest BCUT2D eigenvalue weighted by atomic mass is 9.95. The van der Waals surface area contributed by atoms with E-state index in [2.05, 4.69) is 0 Å². The van der Waals surface area contributed by atoms with Crippen molar-refractivity contribution in [3.05, 3.63) is 78.5 Å². The van der Waals surface area contributed by atoms with Crippen LogP contribution < -0.4 is 5.43 Å². The smallest absolute Gasteiger partial charge is 0.344 e. The summed E-state index contributed by atoms with van der Waals surface area (Å²) in [6, 6.07) is 8.91. The number of aromatic nitrogens is 1. The van der Waals surface area contributed by atoms with Gasteiger partial charge in [-0.3, -0.25) is 4.79 Å². The van der Waals surface area contributed by atoms with Crippen molar-refractivity contribution in [2.24, 2.45) is 0 Å². The maximum atomic E-state index is 14.0. The number of halogens is 3. The summed E-state index contributed by atoms with van der Waals surface area (Å²) in [6.45, 7) is 9.04. The standard InChI is InChI=1S/C26H24Cl3NO5/c1-6-30-13(2)20(16-11-15(24(32)33)8-9-17(16)27)23(31)21(25(34)35-26(3,4)5)22(30)14-7-10-18(28)19(29)12-14/h7-12H,6H2,1-5H3,(H,32,33). The molecule has 0 radical (unpaired) electrons. The minimum absolute atomic E-state index is 0.0429. The molecule has 6 nitrogen and oxygen atoms in total. The summed E-state index contributed by atoms with van der Waals surface area (Å²) in [7, 11) is 0. The van der Waals surface area contributed by atoms with Crippen molar-refractivity contribution in [1.82, 2.24) is 4.57 Å². The van der Waals surface area contributed by atoms with Gasteiger partial charge in [0.05, 0.1) is 26.9 Å². The van der Waals surface area contributed by atoms with Gasteiger partial charge in [-0.1, -0.05) is 40.9 Å². The molecule has 1 N–H and O–H groups in total. The second kappa shape index (κ2) is 10.1. The van der Waals surface area contributed by atoms with Crippen LogP contribution in [0.15, 0.2) is 41.2 Å². The van der Waals surface area contributed by atoms with E-state index < -0.39 is 23.0 Å². The predicted octanol–water partition coefficient (Wildman–Crippen LogP) is 7.12. The van der Waals surface area contributed by atoms with Crippen LogP contribution >= 0.6 is 34.8 Å². The van der Waals surface area contributed by atoms with Crippen LogP contribution in [-0.4, -0.2) is 27.2 Å². The molecule has 0 bridgehead atoms. The van der Waals surface area contributed by atoms with Crippen LogP contribution in [0.3, 0.4) is 0 Å². The first kappa shape index (κ1) is 26.8. The van der Waals surface area contributed by atoms with E-state index in [-0.39, 0.29) is 32.3 Å². The summed E-state index contributed by atoms with van der Waals surface area (Å²) < 4.78 is 7.38. The van der Waals surface area contributed by atoms with E-state index in [1.807, 2.05) is 6.92 Å². The third kappa shape index (κ3) is 5.40. The van der Waals surface area contributed by atoms with E-state index >= 15 is 0 Å². The summed E-state index contributed by atoms with van der Waals surface area (Å²) in [5.74, 6) is -1.99. The Morgan fingerprint density at radius 1 is 1.00 bits per heavy atom. The third-order valence-electron chi connectivity index (χ3n) is 5.32. The fraction of sp³-hybridized carbons (Fsp3) is 0.269. The van der Waals surface area contributed by atoms with Crippen LogP contribution in [0.25, 0.3) is 22.4 Å². The Labute approximate surface area is 218 Å². The average Bonchev–Trinajstić information content (AvgIpc) is 2.75. The highest BCUT2D eigenvalue weighted by molar-refractivity contribution is 6.42. The molecule has 0 aliphatic heterocycles. The first-order valence-corrected chi connectivity index (χ1v) is 11.9. The monoisotopic (exact) mass is 535 g/mol. The summed E-state index contributed by atoms with van der Waals surface area (Å²) in [5.41, 5.74) is -0.123. The van der Waals surface area contributed by atoms with Gasteiger partial charge in [0.15, 0.2) is 0 Å². The van der Waals surface area contributed by atoms with Crippen molar-refractivity contribution in [2.45, 2.75) is 46.8 Å². The topological polar surface area (TPSA) is 85.6 Å². The number of carboxylic acid groups (broad SMARTS) is 1. The maximum Gasteiger partial charge on any atom is 0.344 e. The van der Waals surface area contributed by atoms with Crippen LogP contribution in [0.2, 0.25) is 15.1 Å². The number of esters is 1. The number of rotatable bonds is 5. The number of carbonyl (C=O) groups excluding carboxylic acids is 1. The van der Waals surface area contributed by atoms with Gasteiger partial charge in [0.25, 0.3) is 0 Å². The molecule has 35 heavy (non-hydrogen) atoms. The Morgan fingerprint density at radius 3 is 2.17 bits per heavy atom. The van der Waals surface area contributed by atoms with Crippen LogP contribution in [0.5, 0.6) is 0 Å². The lowest BCUT2D eigenvalue weighted by molar-refractivity contribution is 0.00680. The van der Waals surface area contributed by atoms with Gasteiger partial charge in [-0.15, -0.1) is 0 Å². The molecule has 184 valence electrons. The summed E-state index contributed by atoms with van der Waals surface area (Å²) in [5, 5.41) is 10.2. The molecular formula is C26H24Cl3NO5. The fourth-order valence-electron chi connectivity index (χ4n) is 3.86. The highest BCUT2D eigenvalue weighted by Crippen LogP contribution is 2.35. The number of benzene rings is 2. The Morgan fingerprint density at radius 2 is 1.63 bits per heavy atom. The molecule has 0 saturated heterocycles. The maximum absolute atomic E-state index is 14.0. The van der Waals surface area contributed by atoms with E-state index in [0.29, 0.717) is 28.5 Å². The van der Waals surface area contributed by atoms with Gasteiger partial charge >= 0.3 is 11.9 Å². The molecule has 9 heteroatoms. The van der Waals surface area contributed by atoms with E-state index in [1.54, 1.807) is 50.5 Å². The minimum atomic E-state index is -1.17. The van der Waals surface area contributed by atoms with Gasteiger partial charge in [-0.2, -0.15) is 0 Å². The van der Waals surface area contributed by atoms with Crippen molar-refractivity contribution in [2.75, 3.05) is 0 Å². The quantitative estimate of drug-likeness (QED) is 0.351. The van der Waals surface area contributed by atoms with Gasteiger partial charge in [0, 0.05) is 28.4 Å². The highest BCUT2D eigenvalue weighted by Gasteiger charge is 2.30. The summed E-state index contributed by atoms with van der Waals surface area (Å²) in [4.78, 5) is 39.0. The number of hydrogen-bond donors (Lipinski definition) is 1. The van der Waals surface area contributed by atoms with Crippen LogP contribution in [0.1, 0.15) is 54.1 Å². The molecule has 3 rings (SSSR count). The van der Waals surface area contributed by atoms with Gasteiger partial charge in [-0.25, -0.2) is 9.59 Å². The molecule has 0 saturated carbocycles. The fourth-order valence-corrected chi connectivity index (χ4v) is 4.37. The normalized spacial score (nSPS) is 11.4. The third-order valence-corrected chi connectivity index (χ3v) is 6.39. The van der Waals surface area contributed by atoms with Gasteiger partial charge < -0.3 is 14.4 Å². The molecule has 2 aromatic carbocycles. The molecule has 1 heterocycles. The Balaban J connectivity index is 2.50. The molecule has 3 aromatic rings. The predicted molar refractivity (Wildman–Crippen MR) is 139 cm³/mol. The zero-order valence-electron chi connectivity index (χ0n) is 19.8. The molecular weight excluding hydrogens is 513 g/mol. The van der Waals surface area contributed by atoms with E-state index in [9.17, 15) is 19.5 Å². The molecule has 0 aliphatic rings. The largest absolute Gasteiger partial charge is 0.478 e. The first-order chi connectivity index (χ1) is 16.3. The number of pyridine rings is 1. The molecule has 0 fully saturated rings. The van der Waals surface area contributed by atoms with Crippen molar-refractivity contribution in [1.29, 1.82) is 0 Å². The van der Waals surface area contributed by atoms with Crippen LogP contribution in [0, 0.1) is 6.92 Å². The summed E-state index contributed by atoms with van der Waals surface area (Å²) in [6.07, 6.45) is 0. The molecule has 0 amide bonds. The summed E-state index contributed by atoms with van der Waals surface area (Å²) >= 11 is 18.8. The Hall–Kier alpha value is -2.80. The number of ether oxygens (including phenoxy) is 1. The molecule has 0 aliphatic carbocycles. The first-order valence-electron chi connectivity index (χ1n) is 10.8. The lowest BCUT2D eigenvalue weighted by Crippen LogP contribution is -2.31. The zero-order valence-corrected chi connectivity index (χ0v) is 22.1. The molecule has 0 unspecified atom stereocenters. The molecule has 0 spiro atoms. The number of aromatic carboxylic acids is 1. The van der Waals surface area contributed by atoms with Crippen LogP contribution in [0.4, 0.5) is 0 Å². The van der Waals surface area contributed by atoms with Crippen molar-refractivity contribution in [3.63, 3.8) is 0 Å². The number of carboxylic acids is 1. The van der Waals surface area contributed by atoms with Crippen molar-refractivity contribution in [3.8, 4) is 22.4 Å². The molecule has 1 aromatic heterocycles. The number of hydrogen-bond acceptors (Lipinski definition) is 4. The van der Waals surface area contributed by atoms with Crippen molar-refractivity contribution < 1.29 is 19.4 Å². The van der Waals surface area contributed by atoms with Gasteiger partial charge in [-0.05, 0) is 65.0 Å². The second-order valence-electron chi connectivity index (χ2n) is 8.89. The second-order valence-corrected chi connectivity index (χ2v) is 10.1. The average molecular weight is 537 g/mol.